The molecule has 2 fully saturated rings. The Morgan fingerprint density at radius 3 is 2.71 bits per heavy atom. The van der Waals surface area contributed by atoms with Crippen molar-refractivity contribution in [3.05, 3.63) is 35.7 Å². The molecule has 2 atom stereocenters. The average Bonchev–Trinajstić information content (AvgIpc) is 3.06. The lowest BCUT2D eigenvalue weighted by atomic mass is 9.90. The number of piperidine rings is 1. The molecule has 2 aliphatic rings. The molecule has 4 nitrogen and oxygen atoms in total. The third-order valence-corrected chi connectivity index (χ3v) is 4.89. The van der Waals surface area contributed by atoms with Gasteiger partial charge in [-0.3, -0.25) is 0 Å². The summed E-state index contributed by atoms with van der Waals surface area (Å²) in [7, 11) is 0. The second-order valence-electron chi connectivity index (χ2n) is 6.51. The van der Waals surface area contributed by atoms with Crippen molar-refractivity contribution in [3.8, 4) is 11.4 Å². The molecule has 0 aliphatic carbocycles. The highest BCUT2D eigenvalue weighted by atomic mass is 16.5. The van der Waals surface area contributed by atoms with Gasteiger partial charge >= 0.3 is 0 Å². The molecule has 2 unspecified atom stereocenters. The Morgan fingerprint density at radius 1 is 1.19 bits per heavy atom. The smallest absolute Gasteiger partial charge is 0.227 e. The summed E-state index contributed by atoms with van der Waals surface area (Å²) in [5.74, 6) is 2.20. The molecule has 0 spiro atoms. The van der Waals surface area contributed by atoms with Crippen LogP contribution in [0.3, 0.4) is 0 Å². The highest BCUT2D eigenvalue weighted by Crippen LogP contribution is 2.33. The van der Waals surface area contributed by atoms with Crippen LogP contribution in [0, 0.1) is 12.8 Å². The van der Waals surface area contributed by atoms with Crippen LogP contribution in [0.25, 0.3) is 11.4 Å². The van der Waals surface area contributed by atoms with Crippen molar-refractivity contribution in [2.24, 2.45) is 5.92 Å². The summed E-state index contributed by atoms with van der Waals surface area (Å²) >= 11 is 0. The van der Waals surface area contributed by atoms with Gasteiger partial charge in [0.25, 0.3) is 0 Å². The molecule has 1 N–H and O–H groups in total. The van der Waals surface area contributed by atoms with Gasteiger partial charge in [-0.05, 0) is 44.1 Å². The third-order valence-electron chi connectivity index (χ3n) is 4.89. The lowest BCUT2D eigenvalue weighted by Gasteiger charge is -2.27. The number of hydrogen-bond acceptors (Lipinski definition) is 4. The maximum absolute atomic E-state index is 5.49. The van der Waals surface area contributed by atoms with E-state index in [2.05, 4.69) is 34.5 Å². The van der Waals surface area contributed by atoms with Crippen molar-refractivity contribution >= 4 is 0 Å². The highest BCUT2D eigenvalue weighted by molar-refractivity contribution is 5.58. The maximum atomic E-state index is 5.49. The van der Waals surface area contributed by atoms with Crippen molar-refractivity contribution in [1.82, 2.24) is 15.5 Å². The fraction of sp³-hybridized carbons (Fsp3) is 0.529. The number of rotatable bonds is 3. The first-order valence-corrected chi connectivity index (χ1v) is 7.92. The fourth-order valence-corrected chi connectivity index (χ4v) is 3.86. The van der Waals surface area contributed by atoms with E-state index in [1.165, 1.54) is 31.2 Å². The first kappa shape index (κ1) is 13.0. The molecule has 1 aromatic heterocycles. The molecule has 3 heterocycles. The topological polar surface area (TPSA) is 51.0 Å². The summed E-state index contributed by atoms with van der Waals surface area (Å²) < 4.78 is 5.49. The van der Waals surface area contributed by atoms with E-state index in [1.807, 2.05) is 12.1 Å². The van der Waals surface area contributed by atoms with E-state index < -0.39 is 0 Å². The van der Waals surface area contributed by atoms with Gasteiger partial charge in [-0.1, -0.05) is 29.4 Å². The molecule has 4 heteroatoms. The molecule has 4 rings (SSSR count). The maximum Gasteiger partial charge on any atom is 0.227 e. The van der Waals surface area contributed by atoms with Gasteiger partial charge in [0.05, 0.1) is 0 Å². The molecule has 110 valence electrons. The van der Waals surface area contributed by atoms with Gasteiger partial charge in [-0.25, -0.2) is 0 Å². The normalized spacial score (nSPS) is 28.0. The van der Waals surface area contributed by atoms with E-state index in [4.69, 9.17) is 4.52 Å². The van der Waals surface area contributed by atoms with Crippen molar-refractivity contribution in [3.63, 3.8) is 0 Å². The number of fused-ring (bicyclic) bond motifs is 2. The molecule has 2 aromatic rings. The van der Waals surface area contributed by atoms with E-state index in [1.54, 1.807) is 0 Å². The average molecular weight is 283 g/mol. The van der Waals surface area contributed by atoms with Crippen LogP contribution in [0.4, 0.5) is 0 Å². The van der Waals surface area contributed by atoms with Crippen LogP contribution in [0.1, 0.15) is 37.1 Å². The fourth-order valence-electron chi connectivity index (χ4n) is 3.86. The Morgan fingerprint density at radius 2 is 1.95 bits per heavy atom. The van der Waals surface area contributed by atoms with Crippen LogP contribution in [-0.2, 0) is 6.42 Å². The largest absolute Gasteiger partial charge is 0.339 e. The lowest BCUT2D eigenvalue weighted by molar-refractivity contribution is 0.270. The van der Waals surface area contributed by atoms with Crippen molar-refractivity contribution in [2.45, 2.75) is 51.1 Å². The summed E-state index contributed by atoms with van der Waals surface area (Å²) in [6.07, 6.45) is 6.09. The predicted octanol–water partition coefficient (Wildman–Crippen LogP) is 3.12. The molecule has 2 aliphatic heterocycles. The summed E-state index contributed by atoms with van der Waals surface area (Å²) in [6, 6.07) is 9.61. The van der Waals surface area contributed by atoms with Crippen LogP contribution in [-0.4, -0.2) is 22.2 Å². The molecule has 2 bridgehead atoms. The second-order valence-corrected chi connectivity index (χ2v) is 6.51. The molecule has 0 radical (unpaired) electrons. The molecule has 0 saturated carbocycles. The van der Waals surface area contributed by atoms with Gasteiger partial charge in [-0.2, -0.15) is 4.98 Å². The number of benzene rings is 1. The van der Waals surface area contributed by atoms with Crippen molar-refractivity contribution in [2.75, 3.05) is 0 Å². The molecular weight excluding hydrogens is 262 g/mol. The van der Waals surface area contributed by atoms with Gasteiger partial charge < -0.3 is 9.84 Å². The Kier molecular flexibility index (Phi) is 3.26. The number of nitrogens with one attached hydrogen (secondary N) is 1. The van der Waals surface area contributed by atoms with Crippen molar-refractivity contribution in [1.29, 1.82) is 0 Å². The summed E-state index contributed by atoms with van der Waals surface area (Å²) in [5, 5.41) is 7.84. The molecule has 0 amide bonds. The van der Waals surface area contributed by atoms with Gasteiger partial charge in [0.15, 0.2) is 0 Å². The Hall–Kier alpha value is -1.68. The highest BCUT2D eigenvalue weighted by Gasteiger charge is 2.34. The van der Waals surface area contributed by atoms with Gasteiger partial charge in [0.1, 0.15) is 0 Å². The minimum absolute atomic E-state index is 0.689. The zero-order valence-electron chi connectivity index (χ0n) is 12.4. The zero-order chi connectivity index (χ0) is 14.2. The summed E-state index contributed by atoms with van der Waals surface area (Å²) in [5.41, 5.74) is 2.25. The minimum Gasteiger partial charge on any atom is -0.339 e. The predicted molar refractivity (Wildman–Crippen MR) is 80.8 cm³/mol. The second kappa shape index (κ2) is 5.26. The first-order valence-electron chi connectivity index (χ1n) is 7.92. The first-order chi connectivity index (χ1) is 10.3. The molecule has 1 aromatic carbocycles. The monoisotopic (exact) mass is 283 g/mol. The van der Waals surface area contributed by atoms with Crippen LogP contribution >= 0.6 is 0 Å². The van der Waals surface area contributed by atoms with E-state index in [0.717, 1.165) is 23.7 Å². The molecular formula is C17H21N3O. The molecule has 21 heavy (non-hydrogen) atoms. The Labute approximate surface area is 124 Å². The number of hydrogen-bond donors (Lipinski definition) is 1. The van der Waals surface area contributed by atoms with Crippen LogP contribution in [0.2, 0.25) is 0 Å². The van der Waals surface area contributed by atoms with Gasteiger partial charge in [0, 0.05) is 24.1 Å². The van der Waals surface area contributed by atoms with Crippen LogP contribution in [0.15, 0.2) is 28.8 Å². The third kappa shape index (κ3) is 2.60. The van der Waals surface area contributed by atoms with Gasteiger partial charge in [0.2, 0.25) is 11.7 Å². The van der Waals surface area contributed by atoms with Crippen molar-refractivity contribution < 1.29 is 4.52 Å². The minimum atomic E-state index is 0.689. The number of aromatic nitrogens is 2. The number of nitrogens with zero attached hydrogens (tertiary/aromatic N) is 2. The molecule has 2 saturated heterocycles. The Balaban J connectivity index is 1.49. The van der Waals surface area contributed by atoms with E-state index in [-0.39, 0.29) is 0 Å². The Bertz CT molecular complexity index is 624. The van der Waals surface area contributed by atoms with E-state index >= 15 is 0 Å². The van der Waals surface area contributed by atoms with E-state index in [9.17, 15) is 0 Å². The summed E-state index contributed by atoms with van der Waals surface area (Å²) in [4.78, 5) is 4.61. The quantitative estimate of drug-likeness (QED) is 0.940. The van der Waals surface area contributed by atoms with E-state index in [0.29, 0.717) is 18.0 Å². The zero-order valence-corrected chi connectivity index (χ0v) is 12.4. The lowest BCUT2D eigenvalue weighted by Crippen LogP contribution is -2.38. The van der Waals surface area contributed by atoms with Crippen LogP contribution in [0.5, 0.6) is 0 Å². The van der Waals surface area contributed by atoms with Crippen LogP contribution < -0.4 is 5.32 Å². The standard InChI is InChI=1S/C17H21N3O/c1-11-4-2-3-5-15(11)17-19-16(21-20-17)10-12-8-13-6-7-14(9-12)18-13/h2-5,12-14,18H,6-10H2,1H3. The summed E-state index contributed by atoms with van der Waals surface area (Å²) in [6.45, 7) is 2.08. The van der Waals surface area contributed by atoms with Gasteiger partial charge in [-0.15, -0.1) is 0 Å². The SMILES string of the molecule is Cc1ccccc1-c1noc(CC2CC3CCC(C2)N3)n1. The number of aryl methyl sites for hydroxylation is 1.